The number of nitrogens with zero attached hydrogens (tertiary/aromatic N) is 1. The number of fused-ring (bicyclic) bond motifs is 1. The number of rotatable bonds is 6. The maximum Gasteiger partial charge on any atom is 0.243 e. The Labute approximate surface area is 198 Å². The lowest BCUT2D eigenvalue weighted by molar-refractivity contribution is -0.127. The molecule has 2 aromatic carbocycles. The molecule has 0 aromatic heterocycles. The van der Waals surface area contributed by atoms with E-state index in [1.807, 2.05) is 32.0 Å². The predicted molar refractivity (Wildman–Crippen MR) is 121 cm³/mol. The highest BCUT2D eigenvalue weighted by Crippen LogP contribution is 2.35. The van der Waals surface area contributed by atoms with Gasteiger partial charge in [0.15, 0.2) is 23.1 Å². The maximum atomic E-state index is 13.5. The second-order valence-corrected chi connectivity index (χ2v) is 10.8. The van der Waals surface area contributed by atoms with Crippen LogP contribution in [-0.4, -0.2) is 44.9 Å². The van der Waals surface area contributed by atoms with Crippen LogP contribution in [0.1, 0.15) is 38.3 Å². The third-order valence-corrected chi connectivity index (χ3v) is 8.14. The van der Waals surface area contributed by atoms with Crippen LogP contribution in [0.4, 0.5) is 8.78 Å². The summed E-state index contributed by atoms with van der Waals surface area (Å²) in [6.07, 6.45) is 0.668. The van der Waals surface area contributed by atoms with Gasteiger partial charge < -0.3 is 14.8 Å². The smallest absolute Gasteiger partial charge is 0.243 e. The molecule has 0 radical (unpaired) electrons. The lowest BCUT2D eigenvalue weighted by Gasteiger charge is -2.32. The van der Waals surface area contributed by atoms with Gasteiger partial charge in [0, 0.05) is 19.0 Å². The van der Waals surface area contributed by atoms with Crippen LogP contribution in [0.2, 0.25) is 0 Å². The number of hydrogen-bond acceptors (Lipinski definition) is 5. The molecule has 0 spiro atoms. The van der Waals surface area contributed by atoms with Crippen LogP contribution in [0.15, 0.2) is 41.3 Å². The molecular formula is C24H28F2N2O5S. The Kier molecular flexibility index (Phi) is 7.09. The van der Waals surface area contributed by atoms with Crippen molar-refractivity contribution in [1.82, 2.24) is 9.62 Å². The quantitative estimate of drug-likeness (QED) is 0.663. The molecule has 7 nitrogen and oxygen atoms in total. The van der Waals surface area contributed by atoms with Gasteiger partial charge in [-0.2, -0.15) is 4.31 Å². The fourth-order valence-corrected chi connectivity index (χ4v) is 5.79. The molecule has 1 fully saturated rings. The number of halogens is 2. The molecule has 1 unspecified atom stereocenters. The topological polar surface area (TPSA) is 84.9 Å². The van der Waals surface area contributed by atoms with Crippen LogP contribution in [0.25, 0.3) is 0 Å². The van der Waals surface area contributed by atoms with Gasteiger partial charge in [-0.05, 0) is 54.7 Å². The largest absolute Gasteiger partial charge is 0.486 e. The molecule has 184 valence electrons. The summed E-state index contributed by atoms with van der Waals surface area (Å²) in [7, 11) is -3.97. The molecule has 34 heavy (non-hydrogen) atoms. The average molecular weight is 495 g/mol. The summed E-state index contributed by atoms with van der Waals surface area (Å²) in [4.78, 5) is 12.8. The molecule has 1 atom stereocenters. The number of nitrogens with one attached hydrogen (secondary N) is 1. The molecule has 2 aliphatic heterocycles. The molecule has 1 amide bonds. The zero-order valence-corrected chi connectivity index (χ0v) is 19.9. The Morgan fingerprint density at radius 2 is 1.68 bits per heavy atom. The van der Waals surface area contributed by atoms with Crippen molar-refractivity contribution in [1.29, 1.82) is 0 Å². The van der Waals surface area contributed by atoms with E-state index >= 15 is 0 Å². The number of hydrogen-bond donors (Lipinski definition) is 1. The molecule has 1 saturated heterocycles. The van der Waals surface area contributed by atoms with Gasteiger partial charge in [0.05, 0.1) is 10.9 Å². The van der Waals surface area contributed by atoms with Crippen molar-refractivity contribution >= 4 is 15.9 Å². The SMILES string of the molecule is CC(C)C(NC(=O)C1CCN(S(=O)(=O)c2ccc(F)c(F)c2)CC1)c1ccc2c(c1)OCCO2. The minimum atomic E-state index is -3.97. The minimum Gasteiger partial charge on any atom is -0.486 e. The Bertz CT molecular complexity index is 1160. The maximum absolute atomic E-state index is 13.5. The first-order valence-electron chi connectivity index (χ1n) is 11.3. The molecule has 2 aliphatic rings. The molecular weight excluding hydrogens is 466 g/mol. The van der Waals surface area contributed by atoms with Gasteiger partial charge in [-0.25, -0.2) is 17.2 Å². The second kappa shape index (κ2) is 9.87. The lowest BCUT2D eigenvalue weighted by Crippen LogP contribution is -2.44. The highest BCUT2D eigenvalue weighted by molar-refractivity contribution is 7.89. The van der Waals surface area contributed by atoms with Crippen molar-refractivity contribution in [3.8, 4) is 11.5 Å². The summed E-state index contributed by atoms with van der Waals surface area (Å²) in [5.41, 5.74) is 0.908. The highest BCUT2D eigenvalue weighted by atomic mass is 32.2. The lowest BCUT2D eigenvalue weighted by atomic mass is 9.92. The van der Waals surface area contributed by atoms with Crippen LogP contribution in [0.5, 0.6) is 11.5 Å². The van der Waals surface area contributed by atoms with Gasteiger partial charge in [-0.15, -0.1) is 0 Å². The summed E-state index contributed by atoms with van der Waals surface area (Å²) < 4.78 is 64.8. The molecule has 0 aliphatic carbocycles. The number of sulfonamides is 1. The monoisotopic (exact) mass is 494 g/mol. The highest BCUT2D eigenvalue weighted by Gasteiger charge is 2.33. The van der Waals surface area contributed by atoms with Crippen LogP contribution < -0.4 is 14.8 Å². The first kappa shape index (κ1) is 24.4. The van der Waals surface area contributed by atoms with Crippen LogP contribution in [0, 0.1) is 23.5 Å². The molecule has 0 bridgehead atoms. The second-order valence-electron chi connectivity index (χ2n) is 8.89. The molecule has 1 N–H and O–H groups in total. The number of benzene rings is 2. The number of ether oxygens (including phenoxy) is 2. The number of carbonyl (C=O) groups is 1. The van der Waals surface area contributed by atoms with E-state index in [0.29, 0.717) is 43.6 Å². The van der Waals surface area contributed by atoms with E-state index in [1.54, 1.807) is 0 Å². The van der Waals surface area contributed by atoms with Crippen molar-refractivity contribution in [3.05, 3.63) is 53.6 Å². The third kappa shape index (κ3) is 5.02. The normalized spacial score (nSPS) is 18.0. The first-order valence-corrected chi connectivity index (χ1v) is 12.8. The van der Waals surface area contributed by atoms with Crippen molar-refractivity contribution in [2.45, 2.75) is 37.6 Å². The standard InChI is InChI=1S/C24H28F2N2O5S/c1-15(2)23(17-3-6-21-22(13-17)33-12-11-32-21)27-24(29)16-7-9-28(10-8-16)34(30,31)18-4-5-19(25)20(26)14-18/h3-6,13-16,23H,7-12H2,1-2H3,(H,27,29). The number of carbonyl (C=O) groups excluding carboxylic acids is 1. The predicted octanol–water partition coefficient (Wildman–Crippen LogP) is 3.65. The minimum absolute atomic E-state index is 0.111. The van der Waals surface area contributed by atoms with Crippen molar-refractivity contribution in [2.24, 2.45) is 11.8 Å². The fraction of sp³-hybridized carbons (Fsp3) is 0.458. The van der Waals surface area contributed by atoms with Crippen LogP contribution in [-0.2, 0) is 14.8 Å². The molecule has 2 aromatic rings. The van der Waals surface area contributed by atoms with Gasteiger partial charge >= 0.3 is 0 Å². The first-order chi connectivity index (χ1) is 16.2. The van der Waals surface area contributed by atoms with Gasteiger partial charge in [0.2, 0.25) is 15.9 Å². The van der Waals surface area contributed by atoms with E-state index in [4.69, 9.17) is 9.47 Å². The zero-order chi connectivity index (χ0) is 24.5. The van der Waals surface area contributed by atoms with Crippen LogP contribution in [0.3, 0.4) is 0 Å². The summed E-state index contributed by atoms with van der Waals surface area (Å²) in [5, 5.41) is 3.11. The summed E-state index contributed by atoms with van der Waals surface area (Å²) in [6, 6.07) is 7.93. The van der Waals surface area contributed by atoms with Gasteiger partial charge in [0.1, 0.15) is 13.2 Å². The molecule has 4 rings (SSSR count). The van der Waals surface area contributed by atoms with Crippen molar-refractivity contribution in [2.75, 3.05) is 26.3 Å². The Hall–Kier alpha value is -2.72. The average Bonchev–Trinajstić information content (AvgIpc) is 2.83. The number of piperidine rings is 1. The van der Waals surface area contributed by atoms with Crippen LogP contribution >= 0.6 is 0 Å². The van der Waals surface area contributed by atoms with Crippen molar-refractivity contribution < 1.29 is 31.5 Å². The van der Waals surface area contributed by atoms with E-state index in [2.05, 4.69) is 5.32 Å². The van der Waals surface area contributed by atoms with Crippen molar-refractivity contribution in [3.63, 3.8) is 0 Å². The fourth-order valence-electron chi connectivity index (χ4n) is 4.30. The zero-order valence-electron chi connectivity index (χ0n) is 19.1. The number of amides is 1. The van der Waals surface area contributed by atoms with E-state index in [9.17, 15) is 22.0 Å². The summed E-state index contributed by atoms with van der Waals surface area (Å²) in [6.45, 7) is 5.24. The third-order valence-electron chi connectivity index (χ3n) is 6.24. The Morgan fingerprint density at radius 3 is 2.32 bits per heavy atom. The summed E-state index contributed by atoms with van der Waals surface area (Å²) >= 11 is 0. The summed E-state index contributed by atoms with van der Waals surface area (Å²) in [5.74, 6) is -1.37. The molecule has 0 saturated carbocycles. The van der Waals surface area contributed by atoms with Gasteiger partial charge in [-0.1, -0.05) is 19.9 Å². The van der Waals surface area contributed by atoms with E-state index in [1.165, 1.54) is 4.31 Å². The van der Waals surface area contributed by atoms with Gasteiger partial charge in [0.25, 0.3) is 0 Å². The van der Waals surface area contributed by atoms with E-state index < -0.39 is 21.7 Å². The molecule has 10 heteroatoms. The molecule has 2 heterocycles. The Balaban J connectivity index is 1.41. The Morgan fingerprint density at radius 1 is 1.00 bits per heavy atom. The van der Waals surface area contributed by atoms with E-state index in [0.717, 1.165) is 17.7 Å². The van der Waals surface area contributed by atoms with Gasteiger partial charge in [-0.3, -0.25) is 4.79 Å². The van der Waals surface area contributed by atoms with E-state index in [-0.39, 0.29) is 41.8 Å².